The SMILES string of the molecule is CCC(=N)C(C)(C)S(=O)(=O)Cc1cc(NC(=C2CC2)c2cnc(OC)cn2)ccc1F. The van der Waals surface area contributed by atoms with Gasteiger partial charge in [0.25, 0.3) is 0 Å². The van der Waals surface area contributed by atoms with E-state index in [2.05, 4.69) is 15.3 Å². The van der Waals surface area contributed by atoms with Crippen LogP contribution in [0.25, 0.3) is 5.70 Å². The molecule has 1 aromatic heterocycles. The van der Waals surface area contributed by atoms with Crippen molar-refractivity contribution in [3.8, 4) is 5.88 Å². The van der Waals surface area contributed by atoms with Gasteiger partial charge in [-0.05, 0) is 56.9 Å². The Morgan fingerprint density at radius 2 is 1.97 bits per heavy atom. The van der Waals surface area contributed by atoms with Crippen molar-refractivity contribution in [1.29, 1.82) is 5.41 Å². The molecule has 0 radical (unpaired) electrons. The smallest absolute Gasteiger partial charge is 0.232 e. The van der Waals surface area contributed by atoms with Gasteiger partial charge in [-0.25, -0.2) is 22.8 Å². The number of allylic oxidation sites excluding steroid dienone is 1. The molecule has 0 saturated heterocycles. The summed E-state index contributed by atoms with van der Waals surface area (Å²) in [6.07, 6.45) is 5.28. The van der Waals surface area contributed by atoms with Crippen LogP contribution in [0.5, 0.6) is 5.88 Å². The van der Waals surface area contributed by atoms with Crippen LogP contribution in [-0.4, -0.2) is 36.0 Å². The molecular formula is C22H27FN4O3S. The molecular weight excluding hydrogens is 419 g/mol. The molecule has 1 aromatic carbocycles. The molecule has 31 heavy (non-hydrogen) atoms. The molecule has 0 amide bonds. The van der Waals surface area contributed by atoms with Gasteiger partial charge in [0.15, 0.2) is 9.84 Å². The molecule has 1 saturated carbocycles. The first-order valence-electron chi connectivity index (χ1n) is 10.0. The molecule has 0 aliphatic heterocycles. The standard InChI is InChI=1S/C22H27FN4O3S/c1-5-19(24)22(2,3)31(28,29)13-15-10-16(8-9-17(15)23)27-21(14-6-7-14)18-11-26-20(30-4)12-25-18/h8-12,24,27H,5-7,13H2,1-4H3. The summed E-state index contributed by atoms with van der Waals surface area (Å²) in [4.78, 5) is 8.55. The average molecular weight is 447 g/mol. The minimum absolute atomic E-state index is 0.0583. The predicted molar refractivity (Wildman–Crippen MR) is 119 cm³/mol. The fourth-order valence-corrected chi connectivity index (χ4v) is 4.61. The Labute approximate surface area is 182 Å². The Morgan fingerprint density at radius 1 is 1.26 bits per heavy atom. The Hall–Kier alpha value is -2.81. The third kappa shape index (κ3) is 4.92. The van der Waals surface area contributed by atoms with Gasteiger partial charge >= 0.3 is 0 Å². The van der Waals surface area contributed by atoms with Crippen LogP contribution in [0.4, 0.5) is 10.1 Å². The Kier molecular flexibility index (Phi) is 6.45. The number of rotatable bonds is 9. The summed E-state index contributed by atoms with van der Waals surface area (Å²) in [5, 5.41) is 11.3. The number of nitrogens with zero attached hydrogens (tertiary/aromatic N) is 2. The van der Waals surface area contributed by atoms with Gasteiger partial charge in [-0.15, -0.1) is 0 Å². The van der Waals surface area contributed by atoms with Crippen molar-refractivity contribution in [2.45, 2.75) is 50.5 Å². The fourth-order valence-electron chi connectivity index (χ4n) is 3.10. The second-order valence-electron chi connectivity index (χ2n) is 7.96. The van der Waals surface area contributed by atoms with Crippen LogP contribution in [-0.2, 0) is 15.6 Å². The zero-order chi connectivity index (χ0) is 22.8. The Bertz CT molecular complexity index is 1120. The number of anilines is 1. The zero-order valence-electron chi connectivity index (χ0n) is 18.1. The van der Waals surface area contributed by atoms with Crippen LogP contribution in [0.15, 0.2) is 36.2 Å². The second-order valence-corrected chi connectivity index (χ2v) is 10.5. The van der Waals surface area contributed by atoms with Gasteiger partial charge in [-0.2, -0.15) is 0 Å². The molecule has 1 aliphatic rings. The average Bonchev–Trinajstić information content (AvgIpc) is 3.58. The van der Waals surface area contributed by atoms with Crippen molar-refractivity contribution in [3.05, 3.63) is 53.2 Å². The third-order valence-electron chi connectivity index (χ3n) is 5.47. The second kappa shape index (κ2) is 8.74. The van der Waals surface area contributed by atoms with Crippen molar-refractivity contribution < 1.29 is 17.5 Å². The lowest BCUT2D eigenvalue weighted by molar-refractivity contribution is 0.395. The first-order chi connectivity index (χ1) is 14.6. The van der Waals surface area contributed by atoms with E-state index in [4.69, 9.17) is 10.1 Å². The number of nitrogens with one attached hydrogen (secondary N) is 2. The monoisotopic (exact) mass is 446 g/mol. The summed E-state index contributed by atoms with van der Waals surface area (Å²) in [7, 11) is -2.28. The quantitative estimate of drug-likeness (QED) is 0.555. The van der Waals surface area contributed by atoms with Gasteiger partial charge in [0.2, 0.25) is 5.88 Å². The van der Waals surface area contributed by atoms with Crippen molar-refractivity contribution >= 4 is 26.9 Å². The highest BCUT2D eigenvalue weighted by Gasteiger charge is 2.38. The lowest BCUT2D eigenvalue weighted by atomic mass is 10.1. The summed E-state index contributed by atoms with van der Waals surface area (Å²) < 4.78 is 44.1. The van der Waals surface area contributed by atoms with Crippen LogP contribution >= 0.6 is 0 Å². The first kappa shape index (κ1) is 22.9. The van der Waals surface area contributed by atoms with Crippen molar-refractivity contribution in [3.63, 3.8) is 0 Å². The topological polar surface area (TPSA) is 105 Å². The van der Waals surface area contributed by atoms with Gasteiger partial charge in [-0.3, -0.25) is 0 Å². The molecule has 0 bridgehead atoms. The van der Waals surface area contributed by atoms with E-state index in [0.717, 1.165) is 24.1 Å². The van der Waals surface area contributed by atoms with Crippen LogP contribution in [0.2, 0.25) is 0 Å². The molecule has 3 rings (SSSR count). The maximum atomic E-state index is 14.5. The number of benzene rings is 1. The molecule has 1 aliphatic carbocycles. The lowest BCUT2D eigenvalue weighted by Crippen LogP contribution is -2.40. The highest BCUT2D eigenvalue weighted by atomic mass is 32.2. The largest absolute Gasteiger partial charge is 0.480 e. The van der Waals surface area contributed by atoms with E-state index in [1.54, 1.807) is 19.2 Å². The van der Waals surface area contributed by atoms with Gasteiger partial charge in [0.1, 0.15) is 16.3 Å². The van der Waals surface area contributed by atoms with E-state index >= 15 is 0 Å². The van der Waals surface area contributed by atoms with E-state index in [0.29, 0.717) is 23.7 Å². The molecule has 166 valence electrons. The van der Waals surface area contributed by atoms with Crippen LogP contribution < -0.4 is 10.1 Å². The molecule has 7 nitrogen and oxygen atoms in total. The van der Waals surface area contributed by atoms with Crippen molar-refractivity contribution in [1.82, 2.24) is 9.97 Å². The van der Waals surface area contributed by atoms with Crippen molar-refractivity contribution in [2.75, 3.05) is 12.4 Å². The van der Waals surface area contributed by atoms with E-state index in [1.165, 1.54) is 39.3 Å². The Morgan fingerprint density at radius 3 is 2.52 bits per heavy atom. The molecule has 1 fully saturated rings. The first-order valence-corrected chi connectivity index (χ1v) is 11.7. The number of methoxy groups -OCH3 is 1. The van der Waals surface area contributed by atoms with E-state index < -0.39 is 26.2 Å². The van der Waals surface area contributed by atoms with Crippen LogP contribution in [0.1, 0.15) is 51.3 Å². The van der Waals surface area contributed by atoms with Gasteiger partial charge in [0.05, 0.1) is 31.0 Å². The number of ether oxygens (including phenoxy) is 1. The zero-order valence-corrected chi connectivity index (χ0v) is 18.9. The number of hydrogen-bond donors (Lipinski definition) is 2. The van der Waals surface area contributed by atoms with Crippen LogP contribution in [0, 0.1) is 11.2 Å². The van der Waals surface area contributed by atoms with E-state index in [1.807, 2.05) is 0 Å². The summed E-state index contributed by atoms with van der Waals surface area (Å²) >= 11 is 0. The summed E-state index contributed by atoms with van der Waals surface area (Å²) in [5.41, 5.74) is 3.29. The number of sulfone groups is 1. The molecule has 9 heteroatoms. The maximum Gasteiger partial charge on any atom is 0.232 e. The Balaban J connectivity index is 1.88. The molecule has 0 atom stereocenters. The predicted octanol–water partition coefficient (Wildman–Crippen LogP) is 4.36. The van der Waals surface area contributed by atoms with Crippen molar-refractivity contribution in [2.24, 2.45) is 0 Å². The number of hydrogen-bond acceptors (Lipinski definition) is 7. The maximum absolute atomic E-state index is 14.5. The summed E-state index contributed by atoms with van der Waals surface area (Å²) in [6, 6.07) is 4.31. The molecule has 0 spiro atoms. The third-order valence-corrected chi connectivity index (χ3v) is 7.96. The van der Waals surface area contributed by atoms with Crippen LogP contribution in [0.3, 0.4) is 0 Å². The summed E-state index contributed by atoms with van der Waals surface area (Å²) in [6.45, 7) is 4.72. The van der Waals surface area contributed by atoms with E-state index in [9.17, 15) is 12.8 Å². The molecule has 1 heterocycles. The summed E-state index contributed by atoms with van der Waals surface area (Å²) in [5.74, 6) is -0.686. The molecule has 2 N–H and O–H groups in total. The molecule has 0 unspecified atom stereocenters. The van der Waals surface area contributed by atoms with Gasteiger partial charge in [0, 0.05) is 17.0 Å². The minimum Gasteiger partial charge on any atom is -0.480 e. The van der Waals surface area contributed by atoms with Gasteiger partial charge in [-0.1, -0.05) is 6.92 Å². The number of aromatic nitrogens is 2. The normalized spacial score (nSPS) is 13.6. The van der Waals surface area contributed by atoms with E-state index in [-0.39, 0.29) is 11.3 Å². The van der Waals surface area contributed by atoms with Gasteiger partial charge < -0.3 is 15.5 Å². The fraction of sp³-hybridized carbons (Fsp3) is 0.409. The highest BCUT2D eigenvalue weighted by Crippen LogP contribution is 2.36. The lowest BCUT2D eigenvalue weighted by Gasteiger charge is -2.25. The highest BCUT2D eigenvalue weighted by molar-refractivity contribution is 7.92. The number of halogens is 1. The molecule has 2 aromatic rings. The minimum atomic E-state index is -3.80.